The number of benzene rings is 1. The number of nitrogens with zero attached hydrogens (tertiary/aromatic N) is 2. The summed E-state index contributed by atoms with van der Waals surface area (Å²) < 4.78 is 26.0. The predicted octanol–water partition coefficient (Wildman–Crippen LogP) is 3.83. The Bertz CT molecular complexity index is 1100. The number of pyridine rings is 2. The number of amides is 1. The van der Waals surface area contributed by atoms with E-state index in [-0.39, 0.29) is 17.6 Å². The number of aromatic nitrogens is 2. The van der Waals surface area contributed by atoms with Gasteiger partial charge >= 0.3 is 0 Å². The lowest BCUT2D eigenvalue weighted by Gasteiger charge is -2.11. The second kappa shape index (κ2) is 6.81. The molecule has 1 unspecified atom stereocenters. The number of halogens is 1. The highest BCUT2D eigenvalue weighted by molar-refractivity contribution is 7.84. The zero-order valence-electron chi connectivity index (χ0n) is 15.0. The normalized spacial score (nSPS) is 14.9. The molecular weight excluding hydrogens is 365 g/mol. The van der Waals surface area contributed by atoms with Gasteiger partial charge in [0.15, 0.2) is 0 Å². The molecule has 5 nitrogen and oxygen atoms in total. The van der Waals surface area contributed by atoms with E-state index >= 15 is 0 Å². The third-order valence-corrected chi connectivity index (χ3v) is 5.48. The van der Waals surface area contributed by atoms with Gasteiger partial charge in [0.05, 0.1) is 16.5 Å². The van der Waals surface area contributed by atoms with Gasteiger partial charge in [0, 0.05) is 34.7 Å². The van der Waals surface area contributed by atoms with Crippen LogP contribution in [-0.2, 0) is 15.6 Å². The summed E-state index contributed by atoms with van der Waals surface area (Å²) >= 11 is 0. The zero-order valence-corrected chi connectivity index (χ0v) is 15.8. The first kappa shape index (κ1) is 17.7. The van der Waals surface area contributed by atoms with Gasteiger partial charge in [-0.05, 0) is 49.6 Å². The zero-order chi connectivity index (χ0) is 19.1. The molecule has 7 heteroatoms. The van der Waals surface area contributed by atoms with Gasteiger partial charge in [0.2, 0.25) is 5.91 Å². The molecule has 1 aliphatic carbocycles. The monoisotopic (exact) mass is 383 g/mol. The molecule has 0 aliphatic heterocycles. The number of aryl methyl sites for hydroxylation is 1. The van der Waals surface area contributed by atoms with Gasteiger partial charge in [0.1, 0.15) is 16.7 Å². The molecule has 4 rings (SSSR count). The first-order valence-corrected chi connectivity index (χ1v) is 10.2. The van der Waals surface area contributed by atoms with E-state index in [4.69, 9.17) is 0 Å². The molecule has 0 bridgehead atoms. The van der Waals surface area contributed by atoms with Gasteiger partial charge < -0.3 is 5.32 Å². The summed E-state index contributed by atoms with van der Waals surface area (Å²) in [7, 11) is -1.36. The summed E-state index contributed by atoms with van der Waals surface area (Å²) in [6.45, 7) is 1.87. The fraction of sp³-hybridized carbons (Fsp3) is 0.250. The molecule has 3 aromatic rings. The maximum atomic E-state index is 13.7. The van der Waals surface area contributed by atoms with E-state index in [0.717, 1.165) is 23.8 Å². The maximum Gasteiger partial charge on any atom is 0.228 e. The Balaban J connectivity index is 1.83. The highest BCUT2D eigenvalue weighted by Gasteiger charge is 2.29. The summed E-state index contributed by atoms with van der Waals surface area (Å²) in [6, 6.07) is 8.00. The lowest BCUT2D eigenvalue weighted by atomic mass is 10.0. The average Bonchev–Trinajstić information content (AvgIpc) is 3.48. The van der Waals surface area contributed by atoms with E-state index < -0.39 is 10.8 Å². The second-order valence-electron chi connectivity index (χ2n) is 6.78. The van der Waals surface area contributed by atoms with Gasteiger partial charge in [-0.2, -0.15) is 0 Å². The van der Waals surface area contributed by atoms with Gasteiger partial charge in [-0.25, -0.2) is 14.4 Å². The number of fused-ring (bicyclic) bond motifs is 1. The molecule has 2 aromatic heterocycles. The van der Waals surface area contributed by atoms with Crippen molar-refractivity contribution in [3.8, 4) is 11.3 Å². The fourth-order valence-corrected chi connectivity index (χ4v) is 3.70. The van der Waals surface area contributed by atoms with Crippen molar-refractivity contribution in [3.63, 3.8) is 0 Å². The van der Waals surface area contributed by atoms with Crippen LogP contribution in [0.25, 0.3) is 22.0 Å². The van der Waals surface area contributed by atoms with E-state index in [9.17, 15) is 13.4 Å². The predicted molar refractivity (Wildman–Crippen MR) is 103 cm³/mol. The van der Waals surface area contributed by atoms with Crippen LogP contribution in [-0.4, -0.2) is 26.3 Å². The molecule has 138 valence electrons. The van der Waals surface area contributed by atoms with Crippen LogP contribution in [0, 0.1) is 18.7 Å². The van der Waals surface area contributed by atoms with Gasteiger partial charge in [0.25, 0.3) is 0 Å². The van der Waals surface area contributed by atoms with Crippen LogP contribution in [0.2, 0.25) is 0 Å². The molecule has 1 fully saturated rings. The Morgan fingerprint density at radius 3 is 2.74 bits per heavy atom. The van der Waals surface area contributed by atoms with Crippen molar-refractivity contribution in [1.29, 1.82) is 0 Å². The lowest BCUT2D eigenvalue weighted by molar-refractivity contribution is -0.117. The summed E-state index contributed by atoms with van der Waals surface area (Å²) in [5, 5.41) is 4.58. The number of hydrogen-bond acceptors (Lipinski definition) is 4. The third-order valence-electron chi connectivity index (χ3n) is 4.63. The lowest BCUT2D eigenvalue weighted by Crippen LogP contribution is -2.14. The molecule has 1 amide bonds. The van der Waals surface area contributed by atoms with Crippen LogP contribution < -0.4 is 5.32 Å². The summed E-state index contributed by atoms with van der Waals surface area (Å²) in [5.74, 6) is 0.0928. The molecule has 1 saturated carbocycles. The van der Waals surface area contributed by atoms with Crippen molar-refractivity contribution in [3.05, 3.63) is 47.9 Å². The SMILES string of the molecule is Cc1ccc(F)cc1-c1cc2cnc(NC(=O)C3CC3)cc2c(S(C)=O)n1. The largest absolute Gasteiger partial charge is 0.310 e. The highest BCUT2D eigenvalue weighted by atomic mass is 32.2. The number of carbonyl (C=O) groups excluding carboxylic acids is 1. The molecule has 27 heavy (non-hydrogen) atoms. The second-order valence-corrected chi connectivity index (χ2v) is 8.08. The third kappa shape index (κ3) is 3.60. The smallest absolute Gasteiger partial charge is 0.228 e. The standard InChI is InChI=1S/C20H18FN3O2S/c1-11-3-6-14(21)8-15(11)17-7-13-10-22-18(24-19(25)12-4-5-12)9-16(13)20(23-17)27(2)26/h3,6-10,12H,4-5H2,1-2H3,(H,22,24,25). The van der Waals surface area contributed by atoms with Crippen LogP contribution in [0.3, 0.4) is 0 Å². The topological polar surface area (TPSA) is 72.0 Å². The van der Waals surface area contributed by atoms with Crippen molar-refractivity contribution in [2.45, 2.75) is 24.8 Å². The van der Waals surface area contributed by atoms with Crippen molar-refractivity contribution in [2.75, 3.05) is 11.6 Å². The van der Waals surface area contributed by atoms with Gasteiger partial charge in [-0.3, -0.25) is 9.00 Å². The maximum absolute atomic E-state index is 13.7. The number of nitrogens with one attached hydrogen (secondary N) is 1. The molecule has 1 aromatic carbocycles. The van der Waals surface area contributed by atoms with Crippen molar-refractivity contribution in [1.82, 2.24) is 9.97 Å². The summed E-state index contributed by atoms with van der Waals surface area (Å²) in [4.78, 5) is 20.8. The number of anilines is 1. The van der Waals surface area contributed by atoms with Crippen LogP contribution in [0.1, 0.15) is 18.4 Å². The molecule has 1 aliphatic rings. The number of carbonyl (C=O) groups is 1. The first-order chi connectivity index (χ1) is 12.9. The quantitative estimate of drug-likeness (QED) is 0.743. The Labute approximate surface area is 158 Å². The minimum absolute atomic E-state index is 0.0408. The van der Waals surface area contributed by atoms with Gasteiger partial charge in [-0.1, -0.05) is 6.07 Å². The molecule has 0 saturated heterocycles. The Hall–Kier alpha value is -2.67. The van der Waals surface area contributed by atoms with Crippen molar-refractivity contribution in [2.24, 2.45) is 5.92 Å². The minimum Gasteiger partial charge on any atom is -0.310 e. The van der Waals surface area contributed by atoms with Gasteiger partial charge in [-0.15, -0.1) is 0 Å². The Morgan fingerprint density at radius 1 is 1.26 bits per heavy atom. The molecule has 2 heterocycles. The van der Waals surface area contributed by atoms with Crippen LogP contribution >= 0.6 is 0 Å². The molecule has 1 N–H and O–H groups in total. The van der Waals surface area contributed by atoms with E-state index in [1.54, 1.807) is 30.7 Å². The molecular formula is C20H18FN3O2S. The van der Waals surface area contributed by atoms with Crippen LogP contribution in [0.5, 0.6) is 0 Å². The first-order valence-electron chi connectivity index (χ1n) is 8.64. The Morgan fingerprint density at radius 2 is 2.04 bits per heavy atom. The van der Waals surface area contributed by atoms with E-state index in [1.165, 1.54) is 12.1 Å². The average molecular weight is 383 g/mol. The van der Waals surface area contributed by atoms with E-state index in [1.807, 2.05) is 6.92 Å². The summed E-state index contributed by atoms with van der Waals surface area (Å²) in [6.07, 6.45) is 4.98. The van der Waals surface area contributed by atoms with E-state index in [0.29, 0.717) is 27.5 Å². The number of rotatable bonds is 4. The number of hydrogen-bond donors (Lipinski definition) is 1. The fourth-order valence-electron chi connectivity index (χ4n) is 2.98. The van der Waals surface area contributed by atoms with Crippen LogP contribution in [0.4, 0.5) is 10.2 Å². The summed E-state index contributed by atoms with van der Waals surface area (Å²) in [5.41, 5.74) is 2.06. The van der Waals surface area contributed by atoms with E-state index in [2.05, 4.69) is 15.3 Å². The Kier molecular flexibility index (Phi) is 4.47. The molecule has 0 radical (unpaired) electrons. The van der Waals surface area contributed by atoms with Crippen LogP contribution in [0.15, 0.2) is 41.6 Å². The van der Waals surface area contributed by atoms with Crippen molar-refractivity contribution < 1.29 is 13.4 Å². The highest BCUT2D eigenvalue weighted by Crippen LogP contribution is 2.32. The minimum atomic E-state index is -1.36. The van der Waals surface area contributed by atoms with Crippen molar-refractivity contribution >= 4 is 33.3 Å². The molecule has 0 spiro atoms. The molecule has 1 atom stereocenters.